The molecule has 7 heteroatoms. The van der Waals surface area contributed by atoms with Gasteiger partial charge in [0.25, 0.3) is 0 Å². The molecule has 0 aromatic carbocycles. The van der Waals surface area contributed by atoms with Crippen molar-refractivity contribution in [1.29, 1.82) is 0 Å². The van der Waals surface area contributed by atoms with Gasteiger partial charge in [0, 0.05) is 6.92 Å². The average Bonchev–Trinajstić information content (AvgIpc) is 2.24. The highest BCUT2D eigenvalue weighted by atomic mass is 16.6. The van der Waals surface area contributed by atoms with Gasteiger partial charge < -0.3 is 24.4 Å². The van der Waals surface area contributed by atoms with Gasteiger partial charge in [0.2, 0.25) is 0 Å². The highest BCUT2D eigenvalue weighted by Gasteiger charge is 2.45. The molecule has 1 rings (SSSR count). The van der Waals surface area contributed by atoms with Gasteiger partial charge >= 0.3 is 11.9 Å². The molecule has 1 saturated heterocycles. The lowest BCUT2D eigenvalue weighted by atomic mass is 10.00. The van der Waals surface area contributed by atoms with Crippen molar-refractivity contribution >= 4 is 11.9 Å². The Balaban J connectivity index is 2.78. The molecule has 98 valence electrons. The van der Waals surface area contributed by atoms with Crippen LogP contribution >= 0.6 is 0 Å². The summed E-state index contributed by atoms with van der Waals surface area (Å²) in [6.45, 7) is 2.68. The van der Waals surface area contributed by atoms with Gasteiger partial charge in [-0.3, -0.25) is 4.79 Å². The van der Waals surface area contributed by atoms with Gasteiger partial charge in [-0.1, -0.05) is 0 Å². The molecule has 4 atom stereocenters. The first-order chi connectivity index (χ1) is 7.97. The van der Waals surface area contributed by atoms with Crippen LogP contribution in [-0.4, -0.2) is 59.8 Å². The maximum Gasteiger partial charge on any atom is 0.339 e. The van der Waals surface area contributed by atoms with Crippen LogP contribution in [0.4, 0.5) is 0 Å². The second-order valence-electron chi connectivity index (χ2n) is 3.64. The number of hydrogen-bond donors (Lipinski definition) is 2. The van der Waals surface area contributed by atoms with E-state index in [-0.39, 0.29) is 13.2 Å². The number of esters is 2. The molecule has 0 amide bonds. The molecule has 0 aromatic rings. The fourth-order valence-corrected chi connectivity index (χ4v) is 1.54. The van der Waals surface area contributed by atoms with Crippen molar-refractivity contribution < 1.29 is 34.0 Å². The molecule has 17 heavy (non-hydrogen) atoms. The van der Waals surface area contributed by atoms with Crippen molar-refractivity contribution in [3.05, 3.63) is 0 Å². The Bertz CT molecular complexity index is 290. The third-order valence-electron chi connectivity index (χ3n) is 2.30. The zero-order chi connectivity index (χ0) is 13.0. The van der Waals surface area contributed by atoms with Crippen LogP contribution in [0.15, 0.2) is 0 Å². The monoisotopic (exact) mass is 248 g/mol. The molecule has 1 unspecified atom stereocenters. The minimum absolute atomic E-state index is 0.143. The Hall–Kier alpha value is -1.18. The van der Waals surface area contributed by atoms with Crippen LogP contribution in [0.1, 0.15) is 13.8 Å². The van der Waals surface area contributed by atoms with Gasteiger partial charge in [-0.05, 0) is 6.92 Å². The number of carbonyl (C=O) groups is 2. The molecular formula is C10H16O7. The standard InChI is InChI=1S/C10H16O7/c1-3-15-10(14)9-8(17-5(2)11)7(13)6(12)4-16-9/h6-9,12-13H,3-4H2,1-2H3/t6?,7-,8-,9+/m1/s1. The molecule has 0 bridgehead atoms. The quantitative estimate of drug-likeness (QED) is 0.592. The fraction of sp³-hybridized carbons (Fsp3) is 0.800. The van der Waals surface area contributed by atoms with Crippen molar-refractivity contribution in [3.63, 3.8) is 0 Å². The van der Waals surface area contributed by atoms with E-state index in [1.807, 2.05) is 0 Å². The van der Waals surface area contributed by atoms with Crippen LogP contribution in [0, 0.1) is 0 Å². The van der Waals surface area contributed by atoms with Gasteiger partial charge in [0.1, 0.15) is 12.2 Å². The Labute approximate surface area is 98.3 Å². The van der Waals surface area contributed by atoms with Crippen LogP contribution in [0.3, 0.4) is 0 Å². The van der Waals surface area contributed by atoms with Gasteiger partial charge in [-0.15, -0.1) is 0 Å². The molecular weight excluding hydrogens is 232 g/mol. The summed E-state index contributed by atoms with van der Waals surface area (Å²) in [6.07, 6.45) is -5.04. The highest BCUT2D eigenvalue weighted by Crippen LogP contribution is 2.20. The summed E-state index contributed by atoms with van der Waals surface area (Å²) >= 11 is 0. The van der Waals surface area contributed by atoms with Crippen LogP contribution < -0.4 is 0 Å². The predicted octanol–water partition coefficient (Wildman–Crippen LogP) is -1.40. The van der Waals surface area contributed by atoms with Crippen LogP contribution in [0.2, 0.25) is 0 Å². The summed E-state index contributed by atoms with van der Waals surface area (Å²) in [5.74, 6) is -1.41. The van der Waals surface area contributed by atoms with Gasteiger partial charge in [0.15, 0.2) is 12.2 Å². The molecule has 7 nitrogen and oxygen atoms in total. The minimum atomic E-state index is -1.37. The first kappa shape index (κ1) is 13.9. The van der Waals surface area contributed by atoms with E-state index >= 15 is 0 Å². The molecule has 0 aromatic heterocycles. The lowest BCUT2D eigenvalue weighted by molar-refractivity contribution is -0.216. The van der Waals surface area contributed by atoms with Crippen molar-refractivity contribution in [2.45, 2.75) is 38.3 Å². The van der Waals surface area contributed by atoms with E-state index in [1.165, 1.54) is 0 Å². The van der Waals surface area contributed by atoms with Crippen LogP contribution in [-0.2, 0) is 23.8 Å². The predicted molar refractivity (Wildman–Crippen MR) is 53.9 cm³/mol. The Kier molecular flexibility index (Phi) is 4.86. The maximum absolute atomic E-state index is 11.5. The van der Waals surface area contributed by atoms with Gasteiger partial charge in [0.05, 0.1) is 13.2 Å². The summed E-state index contributed by atoms with van der Waals surface area (Å²) in [4.78, 5) is 22.4. The van der Waals surface area contributed by atoms with E-state index in [9.17, 15) is 19.8 Å². The molecule has 1 heterocycles. The van der Waals surface area contributed by atoms with E-state index in [1.54, 1.807) is 6.92 Å². The molecule has 2 N–H and O–H groups in total. The normalized spacial score (nSPS) is 32.9. The molecule has 0 saturated carbocycles. The summed E-state index contributed by atoms with van der Waals surface area (Å²) < 4.78 is 14.5. The topological polar surface area (TPSA) is 102 Å². The summed E-state index contributed by atoms with van der Waals surface area (Å²) in [5, 5.41) is 19.0. The van der Waals surface area contributed by atoms with E-state index in [2.05, 4.69) is 0 Å². The smallest absolute Gasteiger partial charge is 0.339 e. The molecule has 1 aliphatic heterocycles. The molecule has 0 spiro atoms. The van der Waals surface area contributed by atoms with E-state index in [0.717, 1.165) is 6.92 Å². The number of ether oxygens (including phenoxy) is 3. The Morgan fingerprint density at radius 1 is 1.41 bits per heavy atom. The third kappa shape index (κ3) is 3.39. The number of rotatable bonds is 3. The first-order valence-electron chi connectivity index (χ1n) is 5.29. The second-order valence-corrected chi connectivity index (χ2v) is 3.64. The van der Waals surface area contributed by atoms with Crippen LogP contribution in [0.25, 0.3) is 0 Å². The average molecular weight is 248 g/mol. The minimum Gasteiger partial charge on any atom is -0.464 e. The summed E-state index contributed by atoms with van der Waals surface area (Å²) in [5.41, 5.74) is 0. The lowest BCUT2D eigenvalue weighted by Gasteiger charge is -2.35. The van der Waals surface area contributed by atoms with Gasteiger partial charge in [-0.2, -0.15) is 0 Å². The number of hydrogen-bond acceptors (Lipinski definition) is 7. The van der Waals surface area contributed by atoms with E-state index < -0.39 is 36.4 Å². The molecule has 1 fully saturated rings. The molecule has 1 aliphatic rings. The fourth-order valence-electron chi connectivity index (χ4n) is 1.54. The zero-order valence-corrected chi connectivity index (χ0v) is 9.66. The van der Waals surface area contributed by atoms with Crippen molar-refractivity contribution in [3.8, 4) is 0 Å². The molecule has 0 radical (unpaired) electrons. The second kappa shape index (κ2) is 5.95. The summed E-state index contributed by atoms with van der Waals surface area (Å²) in [7, 11) is 0. The van der Waals surface area contributed by atoms with Crippen LogP contribution in [0.5, 0.6) is 0 Å². The number of aliphatic hydroxyl groups is 2. The van der Waals surface area contributed by atoms with Crippen molar-refractivity contribution in [2.75, 3.05) is 13.2 Å². The largest absolute Gasteiger partial charge is 0.464 e. The van der Waals surface area contributed by atoms with E-state index in [4.69, 9.17) is 14.2 Å². The molecule has 0 aliphatic carbocycles. The lowest BCUT2D eigenvalue weighted by Crippen LogP contribution is -2.57. The van der Waals surface area contributed by atoms with Crippen molar-refractivity contribution in [1.82, 2.24) is 0 Å². The highest BCUT2D eigenvalue weighted by molar-refractivity contribution is 5.76. The Morgan fingerprint density at radius 2 is 2.06 bits per heavy atom. The van der Waals surface area contributed by atoms with Crippen molar-refractivity contribution in [2.24, 2.45) is 0 Å². The zero-order valence-electron chi connectivity index (χ0n) is 9.66. The Morgan fingerprint density at radius 3 is 2.59 bits per heavy atom. The van der Waals surface area contributed by atoms with Gasteiger partial charge in [-0.25, -0.2) is 4.79 Å². The number of carbonyl (C=O) groups excluding carboxylic acids is 2. The SMILES string of the molecule is CCOC(=O)[C@H]1OCC(O)[C@@H](O)[C@H]1OC(C)=O. The number of aliphatic hydroxyl groups excluding tert-OH is 2. The first-order valence-corrected chi connectivity index (χ1v) is 5.29. The van der Waals surface area contributed by atoms with E-state index in [0.29, 0.717) is 0 Å². The maximum atomic E-state index is 11.5. The summed E-state index contributed by atoms with van der Waals surface area (Å²) in [6, 6.07) is 0. The third-order valence-corrected chi connectivity index (χ3v) is 2.30.